The van der Waals surface area contributed by atoms with Crippen molar-refractivity contribution in [2.45, 2.75) is 13.0 Å². The van der Waals surface area contributed by atoms with Gasteiger partial charge in [-0.05, 0) is 34.9 Å². The van der Waals surface area contributed by atoms with Crippen LogP contribution < -0.4 is 4.74 Å². The summed E-state index contributed by atoms with van der Waals surface area (Å²) in [5.74, 6) is 0.675. The topological polar surface area (TPSA) is 29.5 Å². The van der Waals surface area contributed by atoms with Gasteiger partial charge in [0.25, 0.3) is 6.43 Å². The van der Waals surface area contributed by atoms with Gasteiger partial charge in [-0.15, -0.1) is 0 Å². The van der Waals surface area contributed by atoms with Gasteiger partial charge in [0.2, 0.25) is 0 Å². The standard InChI is InChI=1S/C15H14F2O2/c1-19-12-5-3-11(4-6-12)13-7-2-10(9-18)8-14(13)15(16)17/h2-8,15,18H,9H2,1H3. The van der Waals surface area contributed by atoms with E-state index in [1.165, 1.54) is 6.07 Å². The minimum atomic E-state index is -2.58. The third-order valence-electron chi connectivity index (χ3n) is 2.93. The predicted octanol–water partition coefficient (Wildman–Crippen LogP) is 3.79. The smallest absolute Gasteiger partial charge is 0.264 e. The highest BCUT2D eigenvalue weighted by atomic mass is 19.3. The van der Waals surface area contributed by atoms with Gasteiger partial charge in [-0.3, -0.25) is 0 Å². The molecule has 0 saturated heterocycles. The van der Waals surface area contributed by atoms with Gasteiger partial charge in [-0.25, -0.2) is 8.78 Å². The van der Waals surface area contributed by atoms with E-state index in [0.717, 1.165) is 0 Å². The number of hydrogen-bond acceptors (Lipinski definition) is 2. The van der Waals surface area contributed by atoms with Gasteiger partial charge in [0, 0.05) is 5.56 Å². The summed E-state index contributed by atoms with van der Waals surface area (Å²) in [6, 6.07) is 11.5. The highest BCUT2D eigenvalue weighted by Crippen LogP contribution is 2.32. The van der Waals surface area contributed by atoms with E-state index in [-0.39, 0.29) is 12.2 Å². The molecular weight excluding hydrogens is 250 g/mol. The van der Waals surface area contributed by atoms with Crippen LogP contribution in [-0.2, 0) is 6.61 Å². The Morgan fingerprint density at radius 2 is 1.79 bits per heavy atom. The molecule has 100 valence electrons. The fraction of sp³-hybridized carbons (Fsp3) is 0.200. The first-order chi connectivity index (χ1) is 9.15. The van der Waals surface area contributed by atoms with Gasteiger partial charge < -0.3 is 9.84 Å². The van der Waals surface area contributed by atoms with Gasteiger partial charge in [0.15, 0.2) is 0 Å². The highest BCUT2D eigenvalue weighted by Gasteiger charge is 2.15. The van der Waals surface area contributed by atoms with Crippen LogP contribution in [0, 0.1) is 0 Å². The first kappa shape index (κ1) is 13.5. The third-order valence-corrected chi connectivity index (χ3v) is 2.93. The molecule has 1 N–H and O–H groups in total. The molecule has 0 amide bonds. The Morgan fingerprint density at radius 3 is 2.32 bits per heavy atom. The van der Waals surface area contributed by atoms with Crippen LogP contribution in [0.3, 0.4) is 0 Å². The van der Waals surface area contributed by atoms with E-state index < -0.39 is 6.43 Å². The van der Waals surface area contributed by atoms with Crippen molar-refractivity contribution in [2.24, 2.45) is 0 Å². The first-order valence-electron chi connectivity index (χ1n) is 5.82. The molecule has 2 aromatic carbocycles. The van der Waals surface area contributed by atoms with Crippen LogP contribution >= 0.6 is 0 Å². The van der Waals surface area contributed by atoms with Crippen molar-refractivity contribution in [3.8, 4) is 16.9 Å². The average Bonchev–Trinajstić information content (AvgIpc) is 2.46. The van der Waals surface area contributed by atoms with E-state index in [9.17, 15) is 8.78 Å². The number of alkyl halides is 2. The molecule has 0 saturated carbocycles. The van der Waals surface area contributed by atoms with Crippen LogP contribution in [0.25, 0.3) is 11.1 Å². The van der Waals surface area contributed by atoms with Crippen molar-refractivity contribution in [1.82, 2.24) is 0 Å². The lowest BCUT2D eigenvalue weighted by Gasteiger charge is -2.11. The van der Waals surface area contributed by atoms with Gasteiger partial charge >= 0.3 is 0 Å². The zero-order valence-electron chi connectivity index (χ0n) is 10.4. The quantitative estimate of drug-likeness (QED) is 0.910. The second kappa shape index (κ2) is 5.80. The lowest BCUT2D eigenvalue weighted by Crippen LogP contribution is -1.94. The molecule has 0 aliphatic carbocycles. The minimum absolute atomic E-state index is 0.0725. The Balaban J connectivity index is 2.47. The Labute approximate surface area is 110 Å². The predicted molar refractivity (Wildman–Crippen MR) is 69.3 cm³/mol. The molecule has 0 spiro atoms. The Kier molecular flexibility index (Phi) is 4.12. The third kappa shape index (κ3) is 2.90. The molecular formula is C15H14F2O2. The molecule has 0 bridgehead atoms. The maximum Gasteiger partial charge on any atom is 0.264 e. The van der Waals surface area contributed by atoms with Crippen molar-refractivity contribution < 1.29 is 18.6 Å². The molecule has 19 heavy (non-hydrogen) atoms. The normalized spacial score (nSPS) is 10.8. The van der Waals surface area contributed by atoms with E-state index in [1.54, 1.807) is 43.5 Å². The Bertz CT molecular complexity index is 551. The van der Waals surface area contributed by atoms with Crippen molar-refractivity contribution in [2.75, 3.05) is 7.11 Å². The van der Waals surface area contributed by atoms with Gasteiger partial charge in [-0.2, -0.15) is 0 Å². The van der Waals surface area contributed by atoms with E-state index in [0.29, 0.717) is 22.4 Å². The van der Waals surface area contributed by atoms with Crippen molar-refractivity contribution in [3.63, 3.8) is 0 Å². The SMILES string of the molecule is COc1ccc(-c2ccc(CO)cc2C(F)F)cc1. The highest BCUT2D eigenvalue weighted by molar-refractivity contribution is 5.68. The summed E-state index contributed by atoms with van der Waals surface area (Å²) in [7, 11) is 1.55. The molecule has 0 unspecified atom stereocenters. The fourth-order valence-corrected chi connectivity index (χ4v) is 1.92. The first-order valence-corrected chi connectivity index (χ1v) is 5.82. The molecule has 2 aromatic rings. The summed E-state index contributed by atoms with van der Waals surface area (Å²) < 4.78 is 31.2. The van der Waals surface area contributed by atoms with Crippen LogP contribution in [0.4, 0.5) is 8.78 Å². The molecule has 0 radical (unpaired) electrons. The molecule has 0 heterocycles. The largest absolute Gasteiger partial charge is 0.497 e. The monoisotopic (exact) mass is 264 g/mol. The molecule has 0 aromatic heterocycles. The average molecular weight is 264 g/mol. The lowest BCUT2D eigenvalue weighted by molar-refractivity contribution is 0.151. The number of methoxy groups -OCH3 is 1. The summed E-state index contributed by atoms with van der Waals surface area (Å²) in [5.41, 5.74) is 1.57. The molecule has 0 atom stereocenters. The fourth-order valence-electron chi connectivity index (χ4n) is 1.92. The van der Waals surface area contributed by atoms with Gasteiger partial charge in [-0.1, -0.05) is 24.3 Å². The van der Waals surface area contributed by atoms with Crippen molar-refractivity contribution in [3.05, 3.63) is 53.6 Å². The number of benzene rings is 2. The Morgan fingerprint density at radius 1 is 1.11 bits per heavy atom. The number of halogens is 2. The van der Waals surface area contributed by atoms with Crippen LogP contribution in [0.1, 0.15) is 17.6 Å². The second-order valence-corrected chi connectivity index (χ2v) is 4.11. The lowest BCUT2D eigenvalue weighted by atomic mass is 9.98. The van der Waals surface area contributed by atoms with Gasteiger partial charge in [0.1, 0.15) is 5.75 Å². The molecule has 0 aliphatic rings. The molecule has 4 heteroatoms. The van der Waals surface area contributed by atoms with Crippen molar-refractivity contribution in [1.29, 1.82) is 0 Å². The second-order valence-electron chi connectivity index (χ2n) is 4.11. The number of aliphatic hydroxyl groups excluding tert-OH is 1. The summed E-state index contributed by atoms with van der Waals surface area (Å²) in [6.45, 7) is -0.247. The summed E-state index contributed by atoms with van der Waals surface area (Å²) in [6.07, 6.45) is -2.58. The molecule has 2 nitrogen and oxygen atoms in total. The zero-order valence-corrected chi connectivity index (χ0v) is 10.4. The summed E-state index contributed by atoms with van der Waals surface area (Å²) in [5, 5.41) is 9.01. The summed E-state index contributed by atoms with van der Waals surface area (Å²) >= 11 is 0. The Hall–Kier alpha value is -1.94. The number of aliphatic hydroxyl groups is 1. The summed E-state index contributed by atoms with van der Waals surface area (Å²) in [4.78, 5) is 0. The molecule has 2 rings (SSSR count). The maximum absolute atomic E-state index is 13.1. The number of ether oxygens (including phenoxy) is 1. The van der Waals surface area contributed by atoms with Crippen LogP contribution in [0.15, 0.2) is 42.5 Å². The van der Waals surface area contributed by atoms with E-state index in [4.69, 9.17) is 9.84 Å². The van der Waals surface area contributed by atoms with E-state index in [2.05, 4.69) is 0 Å². The van der Waals surface area contributed by atoms with E-state index >= 15 is 0 Å². The minimum Gasteiger partial charge on any atom is -0.497 e. The van der Waals surface area contributed by atoms with Crippen LogP contribution in [0.5, 0.6) is 5.75 Å². The zero-order chi connectivity index (χ0) is 13.8. The van der Waals surface area contributed by atoms with Crippen molar-refractivity contribution >= 4 is 0 Å². The molecule has 0 fully saturated rings. The maximum atomic E-state index is 13.1. The number of hydrogen-bond donors (Lipinski definition) is 1. The van der Waals surface area contributed by atoms with E-state index in [1.807, 2.05) is 0 Å². The van der Waals surface area contributed by atoms with Crippen LogP contribution in [0.2, 0.25) is 0 Å². The van der Waals surface area contributed by atoms with Crippen LogP contribution in [-0.4, -0.2) is 12.2 Å². The number of rotatable bonds is 4. The molecule has 0 aliphatic heterocycles. The van der Waals surface area contributed by atoms with Gasteiger partial charge in [0.05, 0.1) is 13.7 Å².